The molecular formula is C26H37NO5. The van der Waals surface area contributed by atoms with Gasteiger partial charge in [0.25, 0.3) is 0 Å². The van der Waals surface area contributed by atoms with E-state index in [4.69, 9.17) is 23.7 Å². The van der Waals surface area contributed by atoms with E-state index in [1.165, 1.54) is 11.1 Å². The first-order valence-corrected chi connectivity index (χ1v) is 11.3. The molecule has 1 heterocycles. The topological polar surface area (TPSA) is 49.4 Å². The molecule has 176 valence electrons. The van der Waals surface area contributed by atoms with Crippen molar-refractivity contribution in [2.75, 3.05) is 54.2 Å². The molecule has 6 heteroatoms. The lowest BCUT2D eigenvalue weighted by Crippen LogP contribution is -2.39. The maximum atomic E-state index is 6.11. The van der Waals surface area contributed by atoms with Crippen LogP contribution in [-0.2, 0) is 16.0 Å². The lowest BCUT2D eigenvalue weighted by molar-refractivity contribution is -0.0541. The minimum Gasteiger partial charge on any atom is -0.493 e. The summed E-state index contributed by atoms with van der Waals surface area (Å²) in [6.45, 7) is 6.54. The predicted molar refractivity (Wildman–Crippen MR) is 126 cm³/mol. The van der Waals surface area contributed by atoms with Crippen LogP contribution in [0.2, 0.25) is 0 Å². The predicted octanol–water partition coefficient (Wildman–Crippen LogP) is 4.48. The smallest absolute Gasteiger partial charge is 0.161 e. The molecule has 0 amide bonds. The number of aryl methyl sites for hydroxylation is 1. The average Bonchev–Trinajstić information content (AvgIpc) is 3.02. The van der Waals surface area contributed by atoms with E-state index in [0.29, 0.717) is 19.8 Å². The zero-order chi connectivity index (χ0) is 22.8. The van der Waals surface area contributed by atoms with Crippen LogP contribution in [0, 0.1) is 6.92 Å². The average molecular weight is 444 g/mol. The number of rotatable bonds is 11. The van der Waals surface area contributed by atoms with Crippen LogP contribution in [0.25, 0.3) is 0 Å². The van der Waals surface area contributed by atoms with Crippen molar-refractivity contribution in [3.8, 4) is 17.2 Å². The SMILES string of the molecule is COCCOc1cc(CN2CCCC(COc3ccc(C)cc3)(OC)CC2)ccc1OC. The van der Waals surface area contributed by atoms with E-state index in [0.717, 1.165) is 56.1 Å². The molecule has 0 radical (unpaired) electrons. The van der Waals surface area contributed by atoms with Crippen molar-refractivity contribution in [1.29, 1.82) is 0 Å². The Hall–Kier alpha value is -2.28. The third-order valence-corrected chi connectivity index (χ3v) is 6.13. The maximum absolute atomic E-state index is 6.11. The zero-order valence-electron chi connectivity index (χ0n) is 19.9. The van der Waals surface area contributed by atoms with Gasteiger partial charge in [-0.15, -0.1) is 0 Å². The van der Waals surface area contributed by atoms with Gasteiger partial charge < -0.3 is 23.7 Å². The van der Waals surface area contributed by atoms with Crippen LogP contribution in [0.3, 0.4) is 0 Å². The largest absolute Gasteiger partial charge is 0.493 e. The number of ether oxygens (including phenoxy) is 5. The molecule has 0 N–H and O–H groups in total. The van der Waals surface area contributed by atoms with Gasteiger partial charge in [0.05, 0.1) is 13.7 Å². The molecular weight excluding hydrogens is 406 g/mol. The molecule has 1 aliphatic rings. The van der Waals surface area contributed by atoms with Gasteiger partial charge in [-0.3, -0.25) is 4.90 Å². The number of hydrogen-bond donors (Lipinski definition) is 0. The van der Waals surface area contributed by atoms with E-state index in [-0.39, 0.29) is 5.60 Å². The molecule has 0 bridgehead atoms. The molecule has 2 aromatic carbocycles. The fraction of sp³-hybridized carbons (Fsp3) is 0.538. The van der Waals surface area contributed by atoms with Gasteiger partial charge in [-0.05, 0) is 62.6 Å². The van der Waals surface area contributed by atoms with Crippen molar-refractivity contribution in [3.63, 3.8) is 0 Å². The first-order valence-electron chi connectivity index (χ1n) is 11.3. The quantitative estimate of drug-likeness (QED) is 0.478. The minimum atomic E-state index is -0.256. The van der Waals surface area contributed by atoms with Crippen LogP contribution in [0.5, 0.6) is 17.2 Å². The summed E-state index contributed by atoms with van der Waals surface area (Å²) in [4.78, 5) is 2.48. The molecule has 3 rings (SSSR count). The van der Waals surface area contributed by atoms with E-state index < -0.39 is 0 Å². The summed E-state index contributed by atoms with van der Waals surface area (Å²) in [6, 6.07) is 14.4. The molecule has 1 aliphatic heterocycles. The Morgan fingerprint density at radius 1 is 0.875 bits per heavy atom. The summed E-state index contributed by atoms with van der Waals surface area (Å²) in [6.07, 6.45) is 2.99. The Bertz CT molecular complexity index is 825. The summed E-state index contributed by atoms with van der Waals surface area (Å²) < 4.78 is 28.5. The maximum Gasteiger partial charge on any atom is 0.161 e. The molecule has 0 aromatic heterocycles. The number of benzene rings is 2. The van der Waals surface area contributed by atoms with Gasteiger partial charge in [0.1, 0.15) is 24.6 Å². The van der Waals surface area contributed by atoms with Gasteiger partial charge in [-0.25, -0.2) is 0 Å². The van der Waals surface area contributed by atoms with Crippen molar-refractivity contribution < 1.29 is 23.7 Å². The summed E-state index contributed by atoms with van der Waals surface area (Å²) in [7, 11) is 5.14. The standard InChI is InChI=1S/C26H37NO5/c1-21-6-9-23(10-7-21)32-20-26(30-4)12-5-14-27(15-13-26)19-22-8-11-24(29-3)25(18-22)31-17-16-28-2/h6-11,18H,5,12-17,19-20H2,1-4H3. The first kappa shape index (κ1) is 24.4. The lowest BCUT2D eigenvalue weighted by Gasteiger charge is -2.31. The first-order chi connectivity index (χ1) is 15.6. The van der Waals surface area contributed by atoms with E-state index in [1.54, 1.807) is 21.3 Å². The molecule has 32 heavy (non-hydrogen) atoms. The molecule has 6 nitrogen and oxygen atoms in total. The Balaban J connectivity index is 1.59. The van der Waals surface area contributed by atoms with Crippen molar-refractivity contribution >= 4 is 0 Å². The van der Waals surface area contributed by atoms with E-state index >= 15 is 0 Å². The Labute approximate surface area is 192 Å². The molecule has 1 fully saturated rings. The molecule has 0 saturated carbocycles. The summed E-state index contributed by atoms with van der Waals surface area (Å²) in [5.74, 6) is 2.40. The van der Waals surface area contributed by atoms with Gasteiger partial charge in [-0.2, -0.15) is 0 Å². The zero-order valence-corrected chi connectivity index (χ0v) is 19.9. The Kier molecular flexibility index (Phi) is 9.21. The lowest BCUT2D eigenvalue weighted by atomic mass is 9.95. The molecule has 0 spiro atoms. The Morgan fingerprint density at radius 2 is 1.69 bits per heavy atom. The second-order valence-corrected chi connectivity index (χ2v) is 8.45. The highest BCUT2D eigenvalue weighted by atomic mass is 16.5. The molecule has 2 aromatic rings. The van der Waals surface area contributed by atoms with Crippen molar-refractivity contribution in [2.24, 2.45) is 0 Å². The highest BCUT2D eigenvalue weighted by Crippen LogP contribution is 2.31. The van der Waals surface area contributed by atoms with Crippen LogP contribution in [-0.4, -0.2) is 64.7 Å². The van der Waals surface area contributed by atoms with Crippen LogP contribution < -0.4 is 14.2 Å². The normalized spacial score (nSPS) is 19.4. The fourth-order valence-corrected chi connectivity index (χ4v) is 4.06. The van der Waals surface area contributed by atoms with Gasteiger partial charge >= 0.3 is 0 Å². The number of methoxy groups -OCH3 is 3. The minimum absolute atomic E-state index is 0.256. The fourth-order valence-electron chi connectivity index (χ4n) is 4.06. The summed E-state index contributed by atoms with van der Waals surface area (Å²) in [5.41, 5.74) is 2.18. The number of hydrogen-bond acceptors (Lipinski definition) is 6. The molecule has 1 saturated heterocycles. The molecule has 1 unspecified atom stereocenters. The van der Waals surface area contributed by atoms with Gasteiger partial charge in [0.15, 0.2) is 11.5 Å². The van der Waals surface area contributed by atoms with Crippen LogP contribution in [0.1, 0.15) is 30.4 Å². The Morgan fingerprint density at radius 3 is 2.41 bits per heavy atom. The van der Waals surface area contributed by atoms with Crippen molar-refractivity contribution in [2.45, 2.75) is 38.3 Å². The van der Waals surface area contributed by atoms with Crippen LogP contribution >= 0.6 is 0 Å². The third kappa shape index (κ3) is 6.86. The summed E-state index contributed by atoms with van der Waals surface area (Å²) in [5, 5.41) is 0. The van der Waals surface area contributed by atoms with Crippen LogP contribution in [0.15, 0.2) is 42.5 Å². The highest BCUT2D eigenvalue weighted by Gasteiger charge is 2.33. The van der Waals surface area contributed by atoms with Crippen molar-refractivity contribution in [3.05, 3.63) is 53.6 Å². The summed E-state index contributed by atoms with van der Waals surface area (Å²) >= 11 is 0. The number of nitrogens with zero attached hydrogens (tertiary/aromatic N) is 1. The molecule has 0 aliphatic carbocycles. The van der Waals surface area contributed by atoms with Crippen LogP contribution in [0.4, 0.5) is 0 Å². The van der Waals surface area contributed by atoms with Gasteiger partial charge in [0, 0.05) is 27.3 Å². The van der Waals surface area contributed by atoms with Gasteiger partial charge in [-0.1, -0.05) is 23.8 Å². The van der Waals surface area contributed by atoms with Gasteiger partial charge in [0.2, 0.25) is 0 Å². The van der Waals surface area contributed by atoms with E-state index in [2.05, 4.69) is 36.1 Å². The monoisotopic (exact) mass is 443 g/mol. The second-order valence-electron chi connectivity index (χ2n) is 8.45. The van der Waals surface area contributed by atoms with E-state index in [9.17, 15) is 0 Å². The van der Waals surface area contributed by atoms with Crippen molar-refractivity contribution in [1.82, 2.24) is 4.90 Å². The second kappa shape index (κ2) is 12.1. The van der Waals surface area contributed by atoms with E-state index in [1.807, 2.05) is 18.2 Å². The highest BCUT2D eigenvalue weighted by molar-refractivity contribution is 5.43. The third-order valence-electron chi connectivity index (χ3n) is 6.13. The number of likely N-dealkylation sites (tertiary alicyclic amines) is 1. The molecule has 1 atom stereocenters.